The molecule has 1 heteroatoms. The maximum atomic E-state index is 3.44. The lowest BCUT2D eigenvalue weighted by atomic mass is 9.87. The molecule has 1 nitrogen and oxygen atoms in total. The van der Waals surface area contributed by atoms with Crippen LogP contribution < -0.4 is 5.32 Å². The third kappa shape index (κ3) is 2.01. The van der Waals surface area contributed by atoms with Crippen LogP contribution in [0.4, 0.5) is 0 Å². The molecule has 0 aliphatic heterocycles. The van der Waals surface area contributed by atoms with Gasteiger partial charge in [-0.05, 0) is 62.3 Å². The molecule has 88 valence electrons. The van der Waals surface area contributed by atoms with E-state index in [-0.39, 0.29) is 0 Å². The van der Waals surface area contributed by atoms with E-state index in [1.807, 2.05) is 0 Å². The summed E-state index contributed by atoms with van der Waals surface area (Å²) in [5, 5.41) is 3.44. The number of benzene rings is 1. The molecule has 3 atom stereocenters. The van der Waals surface area contributed by atoms with Crippen LogP contribution in [-0.4, -0.2) is 13.1 Å². The molecule has 2 rings (SSSR count). The van der Waals surface area contributed by atoms with Crippen molar-refractivity contribution >= 4 is 0 Å². The Morgan fingerprint density at radius 2 is 1.88 bits per heavy atom. The molecule has 0 spiro atoms. The van der Waals surface area contributed by atoms with E-state index >= 15 is 0 Å². The number of aryl methyl sites for hydroxylation is 2. The van der Waals surface area contributed by atoms with Gasteiger partial charge in [0, 0.05) is 6.04 Å². The van der Waals surface area contributed by atoms with Crippen molar-refractivity contribution in [1.29, 1.82) is 0 Å². The summed E-state index contributed by atoms with van der Waals surface area (Å²) in [5.41, 5.74) is 4.37. The Balaban J connectivity index is 2.22. The van der Waals surface area contributed by atoms with Crippen molar-refractivity contribution < 1.29 is 0 Å². The first-order chi connectivity index (χ1) is 7.63. The summed E-state index contributed by atoms with van der Waals surface area (Å²) in [6.07, 6.45) is 2.64. The van der Waals surface area contributed by atoms with Gasteiger partial charge in [0.1, 0.15) is 0 Å². The van der Waals surface area contributed by atoms with E-state index in [1.165, 1.54) is 29.5 Å². The molecule has 0 bridgehead atoms. The van der Waals surface area contributed by atoms with E-state index in [0.717, 1.165) is 11.8 Å². The SMILES string of the molecule is CNC1CCC(c2ccc(C)c(C)c2)C1C. The molecule has 0 aromatic heterocycles. The van der Waals surface area contributed by atoms with E-state index < -0.39 is 0 Å². The molecule has 1 aromatic rings. The van der Waals surface area contributed by atoms with E-state index in [2.05, 4.69) is 51.3 Å². The lowest BCUT2D eigenvalue weighted by Gasteiger charge is -2.21. The van der Waals surface area contributed by atoms with E-state index in [9.17, 15) is 0 Å². The van der Waals surface area contributed by atoms with Gasteiger partial charge in [0.05, 0.1) is 0 Å². The second-order valence-corrected chi connectivity index (χ2v) is 5.28. The summed E-state index contributed by atoms with van der Waals surface area (Å²) < 4.78 is 0. The van der Waals surface area contributed by atoms with Gasteiger partial charge in [-0.15, -0.1) is 0 Å². The maximum Gasteiger partial charge on any atom is 0.00957 e. The minimum absolute atomic E-state index is 0.701. The lowest BCUT2D eigenvalue weighted by molar-refractivity contribution is 0.429. The van der Waals surface area contributed by atoms with Gasteiger partial charge in [0.15, 0.2) is 0 Å². The third-order valence-corrected chi connectivity index (χ3v) is 4.39. The normalized spacial score (nSPS) is 29.6. The van der Waals surface area contributed by atoms with Gasteiger partial charge in [-0.3, -0.25) is 0 Å². The van der Waals surface area contributed by atoms with Gasteiger partial charge in [-0.2, -0.15) is 0 Å². The highest BCUT2D eigenvalue weighted by Crippen LogP contribution is 2.39. The van der Waals surface area contributed by atoms with Crippen molar-refractivity contribution in [3.8, 4) is 0 Å². The third-order valence-electron chi connectivity index (χ3n) is 4.39. The molecule has 3 unspecified atom stereocenters. The van der Waals surface area contributed by atoms with Crippen LogP contribution in [0.15, 0.2) is 18.2 Å². The number of rotatable bonds is 2. The highest BCUT2D eigenvalue weighted by Gasteiger charge is 2.32. The minimum Gasteiger partial charge on any atom is -0.317 e. The average Bonchev–Trinajstić information content (AvgIpc) is 2.64. The number of nitrogens with one attached hydrogen (secondary N) is 1. The second kappa shape index (κ2) is 4.58. The highest BCUT2D eigenvalue weighted by molar-refractivity contribution is 5.33. The largest absolute Gasteiger partial charge is 0.317 e. The van der Waals surface area contributed by atoms with Crippen LogP contribution in [0.2, 0.25) is 0 Å². The topological polar surface area (TPSA) is 12.0 Å². The van der Waals surface area contributed by atoms with Crippen molar-refractivity contribution in [2.45, 2.75) is 45.6 Å². The van der Waals surface area contributed by atoms with Crippen LogP contribution in [0.25, 0.3) is 0 Å². The smallest absolute Gasteiger partial charge is 0.00957 e. The molecular formula is C15H23N. The van der Waals surface area contributed by atoms with Gasteiger partial charge >= 0.3 is 0 Å². The summed E-state index contributed by atoms with van der Waals surface area (Å²) in [6, 6.07) is 7.67. The molecule has 0 saturated heterocycles. The minimum atomic E-state index is 0.701. The van der Waals surface area contributed by atoms with E-state index in [1.54, 1.807) is 0 Å². The Hall–Kier alpha value is -0.820. The van der Waals surface area contributed by atoms with E-state index in [4.69, 9.17) is 0 Å². The Morgan fingerprint density at radius 1 is 1.12 bits per heavy atom. The molecule has 0 amide bonds. The van der Waals surface area contributed by atoms with Gasteiger partial charge in [0.25, 0.3) is 0 Å². The van der Waals surface area contributed by atoms with Gasteiger partial charge in [-0.25, -0.2) is 0 Å². The Labute approximate surface area is 99.3 Å². The monoisotopic (exact) mass is 217 g/mol. The predicted molar refractivity (Wildman–Crippen MR) is 69.9 cm³/mol. The zero-order valence-corrected chi connectivity index (χ0v) is 10.9. The molecular weight excluding hydrogens is 194 g/mol. The summed E-state index contributed by atoms with van der Waals surface area (Å²) in [5.74, 6) is 1.50. The molecule has 16 heavy (non-hydrogen) atoms. The quantitative estimate of drug-likeness (QED) is 0.800. The zero-order chi connectivity index (χ0) is 11.7. The Bertz CT molecular complexity index is 370. The molecule has 1 aromatic carbocycles. The molecule has 0 heterocycles. The Kier molecular flexibility index (Phi) is 3.34. The maximum absolute atomic E-state index is 3.44. The number of hydrogen-bond acceptors (Lipinski definition) is 1. The van der Waals surface area contributed by atoms with Crippen molar-refractivity contribution in [3.63, 3.8) is 0 Å². The van der Waals surface area contributed by atoms with E-state index in [0.29, 0.717) is 6.04 Å². The molecule has 1 saturated carbocycles. The van der Waals surface area contributed by atoms with Crippen LogP contribution in [0.5, 0.6) is 0 Å². The first-order valence-corrected chi connectivity index (χ1v) is 6.38. The number of hydrogen-bond donors (Lipinski definition) is 1. The molecule has 0 radical (unpaired) electrons. The summed E-state index contributed by atoms with van der Waals surface area (Å²) in [6.45, 7) is 6.79. The summed E-state index contributed by atoms with van der Waals surface area (Å²) >= 11 is 0. The van der Waals surface area contributed by atoms with Crippen molar-refractivity contribution in [2.75, 3.05) is 7.05 Å². The molecule has 1 N–H and O–H groups in total. The summed E-state index contributed by atoms with van der Waals surface area (Å²) in [7, 11) is 2.09. The fourth-order valence-corrected chi connectivity index (χ4v) is 3.04. The van der Waals surface area contributed by atoms with Crippen LogP contribution in [0.1, 0.15) is 42.4 Å². The summed E-state index contributed by atoms with van der Waals surface area (Å²) in [4.78, 5) is 0. The second-order valence-electron chi connectivity index (χ2n) is 5.28. The highest BCUT2D eigenvalue weighted by atomic mass is 14.9. The van der Waals surface area contributed by atoms with Gasteiger partial charge in [-0.1, -0.05) is 25.1 Å². The van der Waals surface area contributed by atoms with Crippen LogP contribution in [0.3, 0.4) is 0 Å². The molecule has 1 fully saturated rings. The van der Waals surface area contributed by atoms with Gasteiger partial charge < -0.3 is 5.32 Å². The van der Waals surface area contributed by atoms with Crippen LogP contribution >= 0.6 is 0 Å². The molecule has 1 aliphatic rings. The van der Waals surface area contributed by atoms with Crippen LogP contribution in [0, 0.1) is 19.8 Å². The first kappa shape index (κ1) is 11.7. The van der Waals surface area contributed by atoms with Crippen molar-refractivity contribution in [3.05, 3.63) is 34.9 Å². The lowest BCUT2D eigenvalue weighted by Crippen LogP contribution is -2.28. The van der Waals surface area contributed by atoms with Crippen molar-refractivity contribution in [1.82, 2.24) is 5.32 Å². The fraction of sp³-hybridized carbons (Fsp3) is 0.600. The average molecular weight is 217 g/mol. The van der Waals surface area contributed by atoms with Crippen LogP contribution in [-0.2, 0) is 0 Å². The predicted octanol–water partition coefficient (Wildman–Crippen LogP) is 3.40. The standard InChI is InChI=1S/C15H23N/c1-10-5-6-13(9-11(10)2)14-7-8-15(16-4)12(14)3/h5-6,9,12,14-16H,7-8H2,1-4H3. The fourth-order valence-electron chi connectivity index (χ4n) is 3.04. The van der Waals surface area contributed by atoms with Crippen molar-refractivity contribution in [2.24, 2.45) is 5.92 Å². The Morgan fingerprint density at radius 3 is 2.44 bits per heavy atom. The first-order valence-electron chi connectivity index (χ1n) is 6.38. The zero-order valence-electron chi connectivity index (χ0n) is 10.9. The van der Waals surface area contributed by atoms with Gasteiger partial charge in [0.2, 0.25) is 0 Å². The molecule has 1 aliphatic carbocycles.